The van der Waals surface area contributed by atoms with Crippen LogP contribution in [0.5, 0.6) is 0 Å². The van der Waals surface area contributed by atoms with Gasteiger partial charge in [-0.05, 0) is 56.0 Å². The summed E-state index contributed by atoms with van der Waals surface area (Å²) in [6.07, 6.45) is 1.62. The number of carbonyl (C=O) groups excluding carboxylic acids is 2. The predicted octanol–water partition coefficient (Wildman–Crippen LogP) is 4.18. The summed E-state index contributed by atoms with van der Waals surface area (Å²) in [5.41, 5.74) is 1.24. The number of amides is 2. The summed E-state index contributed by atoms with van der Waals surface area (Å²) in [6, 6.07) is 10.4. The second kappa shape index (κ2) is 10.6. The molecule has 8 nitrogen and oxygen atoms in total. The first-order chi connectivity index (χ1) is 16.3. The molecule has 3 heterocycles. The fourth-order valence-corrected chi connectivity index (χ4v) is 4.30. The van der Waals surface area contributed by atoms with Gasteiger partial charge < -0.3 is 19.7 Å². The number of rotatable bonds is 7. The Kier molecular flexibility index (Phi) is 7.60. The molecule has 2 aromatic heterocycles. The van der Waals surface area contributed by atoms with Crippen LogP contribution >= 0.6 is 23.2 Å². The van der Waals surface area contributed by atoms with Crippen LogP contribution in [0.4, 0.5) is 0 Å². The van der Waals surface area contributed by atoms with Gasteiger partial charge in [-0.25, -0.2) is 0 Å². The topological polar surface area (TPSA) is 111 Å². The van der Waals surface area contributed by atoms with E-state index >= 15 is 0 Å². The van der Waals surface area contributed by atoms with E-state index in [9.17, 15) is 14.7 Å². The first-order valence-corrected chi connectivity index (χ1v) is 11.9. The maximum absolute atomic E-state index is 12.7. The molecule has 1 aliphatic heterocycles. The van der Waals surface area contributed by atoms with Crippen LogP contribution < -0.4 is 5.32 Å². The van der Waals surface area contributed by atoms with Gasteiger partial charge in [-0.2, -0.15) is 5.10 Å². The second-order valence-electron chi connectivity index (χ2n) is 8.44. The number of hydrogen-bond donors (Lipinski definition) is 3. The van der Waals surface area contributed by atoms with E-state index in [0.717, 1.165) is 18.4 Å². The van der Waals surface area contributed by atoms with E-state index in [2.05, 4.69) is 15.5 Å². The number of likely N-dealkylation sites (tertiary alicyclic amines) is 1. The monoisotopic (exact) mass is 504 g/mol. The molecule has 2 amide bonds. The number of hydrogen-bond acceptors (Lipinski definition) is 5. The minimum absolute atomic E-state index is 0.206. The van der Waals surface area contributed by atoms with Crippen molar-refractivity contribution in [2.45, 2.75) is 32.3 Å². The van der Waals surface area contributed by atoms with Crippen molar-refractivity contribution in [3.05, 3.63) is 63.6 Å². The summed E-state index contributed by atoms with van der Waals surface area (Å²) in [5.74, 6) is 1.01. The molecule has 1 saturated heterocycles. The van der Waals surface area contributed by atoms with E-state index in [1.165, 1.54) is 6.07 Å². The summed E-state index contributed by atoms with van der Waals surface area (Å²) >= 11 is 12.0. The standard InChI is InChI=1S/C24H26Cl2N4O4/c1-14(31)15-7-10-30(11-8-15)24(33)21-13-20(28-29-21)23(32)27-9-6-17-3-5-22(34-17)16-2-4-18(25)19(26)12-16/h2-5,12-15,31H,6-11H2,1H3,(H,27,32)(H,28,29). The molecule has 0 radical (unpaired) electrons. The molecule has 1 aliphatic rings. The number of aliphatic hydroxyl groups excluding tert-OH is 1. The van der Waals surface area contributed by atoms with Gasteiger partial charge in [0.15, 0.2) is 5.69 Å². The third-order valence-electron chi connectivity index (χ3n) is 6.07. The maximum Gasteiger partial charge on any atom is 0.274 e. The summed E-state index contributed by atoms with van der Waals surface area (Å²) in [5, 5.41) is 20.1. The first-order valence-electron chi connectivity index (χ1n) is 11.2. The van der Waals surface area contributed by atoms with E-state index in [1.54, 1.807) is 24.0 Å². The number of halogens is 2. The van der Waals surface area contributed by atoms with E-state index in [0.29, 0.717) is 47.6 Å². The Balaban J connectivity index is 1.27. The Labute approximate surface area is 207 Å². The molecule has 3 N–H and O–H groups in total. The van der Waals surface area contributed by atoms with Crippen molar-refractivity contribution in [3.8, 4) is 11.3 Å². The van der Waals surface area contributed by atoms with Gasteiger partial charge in [-0.15, -0.1) is 0 Å². The van der Waals surface area contributed by atoms with Crippen LogP contribution in [0.15, 0.2) is 40.8 Å². The van der Waals surface area contributed by atoms with Crippen molar-refractivity contribution in [1.29, 1.82) is 0 Å². The van der Waals surface area contributed by atoms with Crippen LogP contribution in [0.3, 0.4) is 0 Å². The number of aliphatic hydroxyl groups is 1. The highest BCUT2D eigenvalue weighted by Crippen LogP contribution is 2.29. The zero-order chi connectivity index (χ0) is 24.2. The number of nitrogens with one attached hydrogen (secondary N) is 2. The summed E-state index contributed by atoms with van der Waals surface area (Å²) in [7, 11) is 0. The van der Waals surface area contributed by atoms with Crippen molar-refractivity contribution in [3.63, 3.8) is 0 Å². The number of furan rings is 1. The lowest BCUT2D eigenvalue weighted by Gasteiger charge is -2.32. The Morgan fingerprint density at radius 3 is 2.68 bits per heavy atom. The summed E-state index contributed by atoms with van der Waals surface area (Å²) < 4.78 is 5.84. The van der Waals surface area contributed by atoms with E-state index < -0.39 is 0 Å². The second-order valence-corrected chi connectivity index (χ2v) is 9.25. The fourth-order valence-electron chi connectivity index (χ4n) is 4.01. The van der Waals surface area contributed by atoms with Gasteiger partial charge in [-0.1, -0.05) is 23.2 Å². The number of nitrogens with zero attached hydrogens (tertiary/aromatic N) is 2. The van der Waals surface area contributed by atoms with Gasteiger partial charge in [0.25, 0.3) is 11.8 Å². The van der Waals surface area contributed by atoms with Crippen molar-refractivity contribution in [2.75, 3.05) is 19.6 Å². The van der Waals surface area contributed by atoms with Crippen molar-refractivity contribution in [1.82, 2.24) is 20.4 Å². The minimum atomic E-state index is -0.373. The minimum Gasteiger partial charge on any atom is -0.461 e. The average Bonchev–Trinajstić information content (AvgIpc) is 3.51. The summed E-state index contributed by atoms with van der Waals surface area (Å²) in [6.45, 7) is 3.26. The molecule has 0 saturated carbocycles. The molecule has 0 bridgehead atoms. The molecule has 1 fully saturated rings. The SMILES string of the molecule is CC(O)C1CCN(C(=O)c2cc(C(=O)NCCc3ccc(-c4ccc(Cl)c(Cl)c4)o3)[nH]n2)CC1. The van der Waals surface area contributed by atoms with Crippen LogP contribution in [0.25, 0.3) is 11.3 Å². The van der Waals surface area contributed by atoms with E-state index in [4.69, 9.17) is 27.6 Å². The van der Waals surface area contributed by atoms with Crippen molar-refractivity contribution < 1.29 is 19.1 Å². The molecule has 1 atom stereocenters. The Morgan fingerprint density at radius 2 is 1.97 bits per heavy atom. The lowest BCUT2D eigenvalue weighted by Crippen LogP contribution is -2.40. The van der Waals surface area contributed by atoms with Crippen molar-refractivity contribution in [2.24, 2.45) is 5.92 Å². The normalized spacial score (nSPS) is 15.4. The van der Waals surface area contributed by atoms with Gasteiger partial charge in [0.2, 0.25) is 0 Å². The molecule has 34 heavy (non-hydrogen) atoms. The van der Waals surface area contributed by atoms with Gasteiger partial charge in [0, 0.05) is 37.7 Å². The van der Waals surface area contributed by atoms with E-state index in [1.807, 2.05) is 18.2 Å². The molecule has 1 unspecified atom stereocenters. The molecule has 0 spiro atoms. The molecular weight excluding hydrogens is 479 g/mol. The van der Waals surface area contributed by atoms with Crippen LogP contribution in [-0.4, -0.2) is 57.8 Å². The number of benzene rings is 1. The Bertz CT molecular complexity index is 1170. The number of aromatic nitrogens is 2. The molecular formula is C24H26Cl2N4O4. The van der Waals surface area contributed by atoms with Crippen LogP contribution in [-0.2, 0) is 6.42 Å². The smallest absolute Gasteiger partial charge is 0.274 e. The first kappa shape index (κ1) is 24.3. The molecule has 0 aliphatic carbocycles. The van der Waals surface area contributed by atoms with E-state index in [-0.39, 0.29) is 35.2 Å². The Morgan fingerprint density at radius 1 is 1.21 bits per heavy atom. The lowest BCUT2D eigenvalue weighted by atomic mass is 9.92. The molecule has 3 aromatic rings. The highest BCUT2D eigenvalue weighted by atomic mass is 35.5. The quantitative estimate of drug-likeness (QED) is 0.446. The number of carbonyl (C=O) groups is 2. The third kappa shape index (κ3) is 5.63. The fraction of sp³-hybridized carbons (Fsp3) is 0.375. The van der Waals surface area contributed by atoms with Gasteiger partial charge >= 0.3 is 0 Å². The number of aromatic amines is 1. The zero-order valence-electron chi connectivity index (χ0n) is 18.7. The molecule has 4 rings (SSSR count). The zero-order valence-corrected chi connectivity index (χ0v) is 20.2. The number of piperidine rings is 1. The largest absolute Gasteiger partial charge is 0.461 e. The third-order valence-corrected chi connectivity index (χ3v) is 6.81. The van der Waals surface area contributed by atoms with Gasteiger partial charge in [-0.3, -0.25) is 14.7 Å². The Hall–Kier alpha value is -2.81. The van der Waals surface area contributed by atoms with Crippen LogP contribution in [0, 0.1) is 5.92 Å². The molecule has 10 heteroatoms. The maximum atomic E-state index is 12.7. The highest BCUT2D eigenvalue weighted by molar-refractivity contribution is 6.42. The molecule has 180 valence electrons. The van der Waals surface area contributed by atoms with Gasteiger partial charge in [0.05, 0.1) is 16.1 Å². The van der Waals surface area contributed by atoms with Crippen LogP contribution in [0.1, 0.15) is 46.5 Å². The summed E-state index contributed by atoms with van der Waals surface area (Å²) in [4.78, 5) is 26.9. The highest BCUT2D eigenvalue weighted by Gasteiger charge is 2.27. The predicted molar refractivity (Wildman–Crippen MR) is 129 cm³/mol. The number of H-pyrrole nitrogens is 1. The lowest BCUT2D eigenvalue weighted by molar-refractivity contribution is 0.0517. The van der Waals surface area contributed by atoms with Gasteiger partial charge in [0.1, 0.15) is 17.2 Å². The molecule has 1 aromatic carbocycles. The average molecular weight is 505 g/mol. The van der Waals surface area contributed by atoms with Crippen molar-refractivity contribution >= 4 is 35.0 Å². The van der Waals surface area contributed by atoms with Crippen LogP contribution in [0.2, 0.25) is 10.0 Å².